The van der Waals surface area contributed by atoms with E-state index in [0.29, 0.717) is 11.5 Å². The number of aromatic amines is 2. The zero-order valence-corrected chi connectivity index (χ0v) is 17.6. The first-order valence-corrected chi connectivity index (χ1v) is 10.3. The van der Waals surface area contributed by atoms with E-state index in [9.17, 15) is 0 Å². The van der Waals surface area contributed by atoms with Gasteiger partial charge in [0.1, 0.15) is 11.2 Å². The summed E-state index contributed by atoms with van der Waals surface area (Å²) in [5, 5.41) is 12.6. The molecule has 0 fully saturated rings. The van der Waals surface area contributed by atoms with Gasteiger partial charge in [0.15, 0.2) is 5.82 Å². The summed E-state index contributed by atoms with van der Waals surface area (Å²) in [6, 6.07) is 0. The Kier molecular flexibility index (Phi) is 4.83. The Morgan fingerprint density at radius 3 is 2.97 bits per heavy atom. The van der Waals surface area contributed by atoms with Crippen LogP contribution in [0.3, 0.4) is 0 Å². The highest BCUT2D eigenvalue weighted by Crippen LogP contribution is 2.22. The lowest BCUT2D eigenvalue weighted by atomic mass is 10.0. The lowest BCUT2D eigenvalue weighted by Gasteiger charge is -2.13. The van der Waals surface area contributed by atoms with Gasteiger partial charge in [0, 0.05) is 18.0 Å². The molecule has 4 aromatic heterocycles. The van der Waals surface area contributed by atoms with E-state index in [1.165, 1.54) is 11.1 Å². The molecule has 0 saturated carbocycles. The van der Waals surface area contributed by atoms with Crippen LogP contribution in [0.5, 0.6) is 0 Å². The number of hydrogen-bond acceptors (Lipinski definition) is 5. The number of nitrogens with one attached hydrogen (secondary N) is 3. The van der Waals surface area contributed by atoms with E-state index in [2.05, 4.69) is 56.1 Å². The monoisotopic (exact) mass is 412 g/mol. The van der Waals surface area contributed by atoms with E-state index >= 15 is 0 Å². The van der Waals surface area contributed by atoms with Crippen LogP contribution in [0.4, 0.5) is 0 Å². The number of nitrogens with zero attached hydrogens (tertiary/aromatic N) is 5. The number of hydrogen-bond donors (Lipinski definition) is 3. The number of allylic oxidation sites excluding steroid dienone is 2. The van der Waals surface area contributed by atoms with Crippen LogP contribution in [0.15, 0.2) is 48.2 Å². The first kappa shape index (κ1) is 19.2. The van der Waals surface area contributed by atoms with Crippen molar-refractivity contribution in [2.75, 3.05) is 13.1 Å². The highest BCUT2D eigenvalue weighted by Gasteiger charge is 2.14. The molecule has 0 radical (unpaired) electrons. The van der Waals surface area contributed by atoms with Gasteiger partial charge in [-0.2, -0.15) is 5.10 Å². The van der Waals surface area contributed by atoms with Gasteiger partial charge in [-0.3, -0.25) is 10.1 Å². The molecule has 8 heteroatoms. The van der Waals surface area contributed by atoms with Gasteiger partial charge in [-0.1, -0.05) is 18.7 Å². The number of pyridine rings is 1. The van der Waals surface area contributed by atoms with Crippen LogP contribution >= 0.6 is 0 Å². The fraction of sp³-hybridized carbons (Fsp3) is 0.217. The molecule has 0 atom stereocenters. The van der Waals surface area contributed by atoms with Gasteiger partial charge in [0.2, 0.25) is 0 Å². The molecule has 5 heterocycles. The first-order chi connectivity index (χ1) is 15.1. The largest absolute Gasteiger partial charge is 0.335 e. The molecule has 8 nitrogen and oxygen atoms in total. The predicted molar refractivity (Wildman–Crippen MR) is 122 cm³/mol. The van der Waals surface area contributed by atoms with Crippen molar-refractivity contribution in [2.24, 2.45) is 0 Å². The average Bonchev–Trinajstić information content (AvgIpc) is 3.50. The molecule has 3 N–H and O–H groups in total. The quantitative estimate of drug-likeness (QED) is 0.475. The van der Waals surface area contributed by atoms with E-state index in [4.69, 9.17) is 4.98 Å². The minimum absolute atomic E-state index is 0.656. The Morgan fingerprint density at radius 1 is 1.29 bits per heavy atom. The van der Waals surface area contributed by atoms with E-state index in [0.717, 1.165) is 52.5 Å². The maximum atomic E-state index is 4.80. The molecule has 1 aliphatic rings. The summed E-state index contributed by atoms with van der Waals surface area (Å²) in [6.45, 7) is 10.3. The molecule has 5 rings (SSSR count). The Morgan fingerprint density at radius 2 is 2.19 bits per heavy atom. The molecule has 1 aliphatic heterocycles. The summed E-state index contributed by atoms with van der Waals surface area (Å²) in [7, 11) is 0. The molecule has 0 aromatic carbocycles. The van der Waals surface area contributed by atoms with Gasteiger partial charge in [0.05, 0.1) is 41.0 Å². The fourth-order valence-corrected chi connectivity index (χ4v) is 3.78. The van der Waals surface area contributed by atoms with Gasteiger partial charge >= 0.3 is 0 Å². The summed E-state index contributed by atoms with van der Waals surface area (Å²) in [5.41, 5.74) is 6.78. The molecule has 0 amide bonds. The van der Waals surface area contributed by atoms with Crippen molar-refractivity contribution in [3.63, 3.8) is 0 Å². The van der Waals surface area contributed by atoms with Crippen LogP contribution < -0.4 is 15.9 Å². The third-order valence-corrected chi connectivity index (χ3v) is 5.56. The molecule has 31 heavy (non-hydrogen) atoms. The lowest BCUT2D eigenvalue weighted by molar-refractivity contribution is 0.707. The number of imidazole rings is 2. The second-order valence-electron chi connectivity index (χ2n) is 7.73. The SMILES string of the molecule is C=c1c(-c2nc3c(-n4cnc(C)c4)cncc3[nH]2)n[nH]/c1=C/C=C(\C)C1=CCNCC1. The minimum Gasteiger partial charge on any atom is -0.335 e. The summed E-state index contributed by atoms with van der Waals surface area (Å²) >= 11 is 0. The Balaban J connectivity index is 1.52. The molecular formula is C23H24N8. The summed E-state index contributed by atoms with van der Waals surface area (Å²) in [6.07, 6.45) is 14.7. The highest BCUT2D eigenvalue weighted by atomic mass is 15.1. The van der Waals surface area contributed by atoms with Crippen LogP contribution in [-0.2, 0) is 0 Å². The standard InChI is InChI=1S/C23H24N8/c1-14(17-6-8-24-9-7-17)4-5-18-16(3)21(30-29-18)23-27-19-10-25-11-20(22(19)28-23)31-12-15(2)26-13-31/h4-6,10-13,24,29H,3,7-9H2,1-2H3,(H,27,28)/b14-4+,18-5+. The van der Waals surface area contributed by atoms with Crippen molar-refractivity contribution < 1.29 is 0 Å². The van der Waals surface area contributed by atoms with Crippen LogP contribution in [0.25, 0.3) is 40.9 Å². The third kappa shape index (κ3) is 3.62. The highest BCUT2D eigenvalue weighted by molar-refractivity contribution is 5.85. The van der Waals surface area contributed by atoms with Crippen LogP contribution in [0.2, 0.25) is 0 Å². The van der Waals surface area contributed by atoms with Crippen molar-refractivity contribution in [2.45, 2.75) is 20.3 Å². The first-order valence-electron chi connectivity index (χ1n) is 10.3. The topological polar surface area (TPSA) is 100 Å². The average molecular weight is 413 g/mol. The molecule has 0 unspecified atom stereocenters. The second kappa shape index (κ2) is 7.81. The normalized spacial score (nSPS) is 15.6. The van der Waals surface area contributed by atoms with Crippen molar-refractivity contribution >= 4 is 23.7 Å². The molecule has 0 spiro atoms. The Labute approximate surface area is 179 Å². The number of rotatable bonds is 4. The molecule has 4 aromatic rings. The van der Waals surface area contributed by atoms with Gasteiger partial charge in [0.25, 0.3) is 0 Å². The van der Waals surface area contributed by atoms with Gasteiger partial charge in [-0.05, 0) is 44.0 Å². The molecular weight excluding hydrogens is 388 g/mol. The number of aryl methyl sites for hydroxylation is 1. The van der Waals surface area contributed by atoms with E-state index in [-0.39, 0.29) is 0 Å². The van der Waals surface area contributed by atoms with Gasteiger partial charge in [-0.15, -0.1) is 0 Å². The Bertz CT molecular complexity index is 1430. The summed E-state index contributed by atoms with van der Waals surface area (Å²) in [5.74, 6) is 0.656. The Hall–Kier alpha value is -3.78. The van der Waals surface area contributed by atoms with Gasteiger partial charge < -0.3 is 14.9 Å². The third-order valence-electron chi connectivity index (χ3n) is 5.56. The maximum absolute atomic E-state index is 4.80. The maximum Gasteiger partial charge on any atom is 0.159 e. The molecule has 0 bridgehead atoms. The van der Waals surface area contributed by atoms with E-state index in [1.54, 1.807) is 18.7 Å². The second-order valence-corrected chi connectivity index (χ2v) is 7.73. The number of H-pyrrole nitrogens is 2. The predicted octanol–water partition coefficient (Wildman–Crippen LogP) is 1.90. The van der Waals surface area contributed by atoms with Crippen LogP contribution in [0.1, 0.15) is 19.0 Å². The van der Waals surface area contributed by atoms with E-state index in [1.807, 2.05) is 23.8 Å². The van der Waals surface area contributed by atoms with Crippen LogP contribution in [0, 0.1) is 6.92 Å². The number of aromatic nitrogens is 7. The van der Waals surface area contributed by atoms with Crippen molar-refractivity contribution in [1.29, 1.82) is 0 Å². The van der Waals surface area contributed by atoms with Gasteiger partial charge in [-0.25, -0.2) is 9.97 Å². The molecule has 156 valence electrons. The minimum atomic E-state index is 0.656. The van der Waals surface area contributed by atoms with Crippen molar-refractivity contribution in [1.82, 2.24) is 40.0 Å². The van der Waals surface area contributed by atoms with Crippen molar-refractivity contribution in [3.05, 3.63) is 64.5 Å². The smallest absolute Gasteiger partial charge is 0.159 e. The zero-order valence-electron chi connectivity index (χ0n) is 17.6. The zero-order chi connectivity index (χ0) is 21.4. The van der Waals surface area contributed by atoms with Crippen molar-refractivity contribution in [3.8, 4) is 17.2 Å². The van der Waals surface area contributed by atoms with E-state index < -0.39 is 0 Å². The molecule has 0 aliphatic carbocycles. The lowest BCUT2D eigenvalue weighted by Crippen LogP contribution is -2.22. The summed E-state index contributed by atoms with van der Waals surface area (Å²) < 4.78 is 1.92. The molecule has 0 saturated heterocycles. The van der Waals surface area contributed by atoms with Crippen LogP contribution in [-0.4, -0.2) is 47.8 Å². The number of fused-ring (bicyclic) bond motifs is 1. The fourth-order valence-electron chi connectivity index (χ4n) is 3.78. The summed E-state index contributed by atoms with van der Waals surface area (Å²) in [4.78, 5) is 16.8.